The molecular formula is C13H17N3O3. The van der Waals surface area contributed by atoms with Crippen LogP contribution in [0.15, 0.2) is 23.0 Å². The molecule has 0 bridgehead atoms. The third kappa shape index (κ3) is 3.69. The lowest BCUT2D eigenvalue weighted by molar-refractivity contribution is -0.137. The van der Waals surface area contributed by atoms with E-state index in [4.69, 9.17) is 5.11 Å². The summed E-state index contributed by atoms with van der Waals surface area (Å²) in [6, 6.07) is 5.76. The van der Waals surface area contributed by atoms with Crippen molar-refractivity contribution >= 4 is 17.0 Å². The molecule has 0 atom stereocenters. The van der Waals surface area contributed by atoms with Gasteiger partial charge in [0.1, 0.15) is 0 Å². The molecule has 0 aliphatic rings. The van der Waals surface area contributed by atoms with Gasteiger partial charge in [-0.05, 0) is 37.7 Å². The van der Waals surface area contributed by atoms with E-state index in [0.29, 0.717) is 6.42 Å². The van der Waals surface area contributed by atoms with Crippen LogP contribution < -0.4 is 5.69 Å². The minimum Gasteiger partial charge on any atom is -0.481 e. The summed E-state index contributed by atoms with van der Waals surface area (Å²) in [4.78, 5) is 29.1. The van der Waals surface area contributed by atoms with Gasteiger partial charge >= 0.3 is 11.7 Å². The summed E-state index contributed by atoms with van der Waals surface area (Å²) in [7, 11) is 1.95. The molecule has 0 unspecified atom stereocenters. The molecule has 19 heavy (non-hydrogen) atoms. The van der Waals surface area contributed by atoms with Crippen LogP contribution in [-0.4, -0.2) is 39.5 Å². The molecule has 0 saturated carbocycles. The van der Waals surface area contributed by atoms with E-state index >= 15 is 0 Å². The van der Waals surface area contributed by atoms with Gasteiger partial charge in [-0.15, -0.1) is 0 Å². The number of hydrogen-bond donors (Lipinski definition) is 3. The molecule has 2 aromatic rings. The molecular weight excluding hydrogens is 246 g/mol. The van der Waals surface area contributed by atoms with Crippen molar-refractivity contribution in [2.24, 2.45) is 0 Å². The first-order valence-corrected chi connectivity index (χ1v) is 6.16. The number of rotatable bonds is 6. The van der Waals surface area contributed by atoms with E-state index in [1.54, 1.807) is 0 Å². The van der Waals surface area contributed by atoms with Crippen molar-refractivity contribution in [3.8, 4) is 0 Å². The minimum absolute atomic E-state index is 0.189. The number of carboxylic acid groups (broad SMARTS) is 1. The van der Waals surface area contributed by atoms with Gasteiger partial charge in [0.15, 0.2) is 0 Å². The standard InChI is InChI=1S/C13H17N3O3/c1-16(6-2-3-12(17)18)8-9-4-5-10-11(7-9)15-13(19)14-10/h4-5,7H,2-3,6,8H2,1H3,(H,17,18)(H2,14,15,19). The Kier molecular flexibility index (Phi) is 4.01. The van der Waals surface area contributed by atoms with Crippen LogP contribution in [0.1, 0.15) is 18.4 Å². The van der Waals surface area contributed by atoms with Gasteiger partial charge in [-0.25, -0.2) is 4.79 Å². The Morgan fingerprint density at radius 2 is 2.05 bits per heavy atom. The van der Waals surface area contributed by atoms with E-state index in [0.717, 1.165) is 29.7 Å². The van der Waals surface area contributed by atoms with Crippen molar-refractivity contribution < 1.29 is 9.90 Å². The van der Waals surface area contributed by atoms with Crippen molar-refractivity contribution in [1.82, 2.24) is 14.9 Å². The molecule has 2 rings (SSSR count). The van der Waals surface area contributed by atoms with Crippen molar-refractivity contribution in [1.29, 1.82) is 0 Å². The molecule has 1 aromatic heterocycles. The summed E-state index contributed by atoms with van der Waals surface area (Å²) >= 11 is 0. The van der Waals surface area contributed by atoms with Gasteiger partial charge in [0.2, 0.25) is 0 Å². The van der Waals surface area contributed by atoms with Crippen molar-refractivity contribution in [2.45, 2.75) is 19.4 Å². The molecule has 0 saturated heterocycles. The van der Waals surface area contributed by atoms with Crippen molar-refractivity contribution in [2.75, 3.05) is 13.6 Å². The first-order chi connectivity index (χ1) is 9.04. The highest BCUT2D eigenvalue weighted by molar-refractivity contribution is 5.74. The quantitative estimate of drug-likeness (QED) is 0.729. The van der Waals surface area contributed by atoms with Gasteiger partial charge in [-0.3, -0.25) is 4.79 Å². The fourth-order valence-corrected chi connectivity index (χ4v) is 2.07. The third-order valence-corrected chi connectivity index (χ3v) is 2.96. The largest absolute Gasteiger partial charge is 0.481 e. The summed E-state index contributed by atoms with van der Waals surface area (Å²) in [5.74, 6) is -0.764. The molecule has 0 spiro atoms. The number of nitrogens with zero attached hydrogens (tertiary/aromatic N) is 1. The van der Waals surface area contributed by atoms with Crippen LogP contribution in [0, 0.1) is 0 Å². The zero-order valence-electron chi connectivity index (χ0n) is 10.8. The fraction of sp³-hybridized carbons (Fsp3) is 0.385. The van der Waals surface area contributed by atoms with Crippen LogP contribution in [0.2, 0.25) is 0 Å². The highest BCUT2D eigenvalue weighted by Gasteiger charge is 2.04. The van der Waals surface area contributed by atoms with E-state index < -0.39 is 5.97 Å². The summed E-state index contributed by atoms with van der Waals surface area (Å²) in [6.07, 6.45) is 0.823. The van der Waals surface area contributed by atoms with Crippen LogP contribution in [0.4, 0.5) is 0 Å². The second-order valence-corrected chi connectivity index (χ2v) is 4.69. The predicted octanol–water partition coefficient (Wildman–Crippen LogP) is 1.15. The van der Waals surface area contributed by atoms with Gasteiger partial charge in [0, 0.05) is 13.0 Å². The number of aliphatic carboxylic acids is 1. The summed E-state index contributed by atoms with van der Waals surface area (Å²) in [6.45, 7) is 1.46. The van der Waals surface area contributed by atoms with Crippen molar-refractivity contribution in [3.05, 3.63) is 34.2 Å². The first kappa shape index (κ1) is 13.4. The zero-order valence-corrected chi connectivity index (χ0v) is 10.8. The second-order valence-electron chi connectivity index (χ2n) is 4.69. The molecule has 0 aliphatic carbocycles. The molecule has 0 aliphatic heterocycles. The van der Waals surface area contributed by atoms with E-state index in [2.05, 4.69) is 14.9 Å². The Morgan fingerprint density at radius 3 is 2.79 bits per heavy atom. The topological polar surface area (TPSA) is 89.2 Å². The fourth-order valence-electron chi connectivity index (χ4n) is 2.07. The Bertz CT molecular complexity index is 629. The molecule has 0 fully saturated rings. The number of hydrogen-bond acceptors (Lipinski definition) is 3. The number of nitrogens with one attached hydrogen (secondary N) is 2. The third-order valence-electron chi connectivity index (χ3n) is 2.96. The average molecular weight is 263 g/mol. The van der Waals surface area contributed by atoms with Crippen LogP contribution in [0.25, 0.3) is 11.0 Å². The maximum atomic E-state index is 11.2. The molecule has 102 valence electrons. The number of aromatic nitrogens is 2. The van der Waals surface area contributed by atoms with Gasteiger partial charge in [-0.2, -0.15) is 0 Å². The lowest BCUT2D eigenvalue weighted by Crippen LogP contribution is -2.19. The predicted molar refractivity (Wildman–Crippen MR) is 72.1 cm³/mol. The Hall–Kier alpha value is -2.08. The molecule has 0 amide bonds. The van der Waals surface area contributed by atoms with Gasteiger partial charge < -0.3 is 20.0 Å². The van der Waals surface area contributed by atoms with Crippen LogP contribution in [0.3, 0.4) is 0 Å². The number of fused-ring (bicyclic) bond motifs is 1. The average Bonchev–Trinajstić information content (AvgIpc) is 2.67. The van der Waals surface area contributed by atoms with E-state index in [1.165, 1.54) is 0 Å². The van der Waals surface area contributed by atoms with Gasteiger partial charge in [0.25, 0.3) is 0 Å². The Labute approximate surface area is 110 Å². The normalized spacial score (nSPS) is 11.3. The Balaban J connectivity index is 1.96. The number of carboxylic acids is 1. The molecule has 6 nitrogen and oxygen atoms in total. The lowest BCUT2D eigenvalue weighted by atomic mass is 10.2. The smallest absolute Gasteiger partial charge is 0.323 e. The highest BCUT2D eigenvalue weighted by Crippen LogP contribution is 2.12. The van der Waals surface area contributed by atoms with Gasteiger partial charge in [-0.1, -0.05) is 6.07 Å². The summed E-state index contributed by atoms with van der Waals surface area (Å²) in [5, 5.41) is 8.58. The maximum absolute atomic E-state index is 11.2. The van der Waals surface area contributed by atoms with E-state index in [1.807, 2.05) is 25.2 Å². The summed E-state index contributed by atoms with van der Waals surface area (Å²) in [5.41, 5.74) is 2.46. The zero-order chi connectivity index (χ0) is 13.8. The molecule has 6 heteroatoms. The lowest BCUT2D eigenvalue weighted by Gasteiger charge is -2.16. The van der Waals surface area contributed by atoms with E-state index in [-0.39, 0.29) is 12.1 Å². The molecule has 1 aromatic carbocycles. The second kappa shape index (κ2) is 5.71. The van der Waals surface area contributed by atoms with Crippen molar-refractivity contribution in [3.63, 3.8) is 0 Å². The van der Waals surface area contributed by atoms with Crippen LogP contribution in [-0.2, 0) is 11.3 Å². The highest BCUT2D eigenvalue weighted by atomic mass is 16.4. The number of H-pyrrole nitrogens is 2. The molecule has 3 N–H and O–H groups in total. The molecule has 1 heterocycles. The van der Waals surface area contributed by atoms with Gasteiger partial charge in [0.05, 0.1) is 11.0 Å². The Morgan fingerprint density at radius 1 is 1.32 bits per heavy atom. The maximum Gasteiger partial charge on any atom is 0.323 e. The number of carbonyl (C=O) groups is 1. The minimum atomic E-state index is -0.764. The molecule has 0 radical (unpaired) electrons. The number of aromatic amines is 2. The number of imidazole rings is 1. The van der Waals surface area contributed by atoms with Crippen LogP contribution >= 0.6 is 0 Å². The monoisotopic (exact) mass is 263 g/mol. The summed E-state index contributed by atoms with van der Waals surface area (Å²) < 4.78 is 0. The first-order valence-electron chi connectivity index (χ1n) is 6.16. The van der Waals surface area contributed by atoms with E-state index in [9.17, 15) is 9.59 Å². The SMILES string of the molecule is CN(CCCC(=O)O)Cc1ccc2[nH]c(=O)[nH]c2c1. The number of benzene rings is 1. The van der Waals surface area contributed by atoms with Crippen LogP contribution in [0.5, 0.6) is 0 Å².